The van der Waals surface area contributed by atoms with Gasteiger partial charge >= 0.3 is 17.9 Å². The normalized spacial score (nSPS) is 13.9. The summed E-state index contributed by atoms with van der Waals surface area (Å²) in [6, 6.07) is 1.69. The number of carboxylic acids is 3. The van der Waals surface area contributed by atoms with Crippen molar-refractivity contribution in [2.45, 2.75) is 69.1 Å². The Kier molecular flexibility index (Phi) is 12.7. The van der Waals surface area contributed by atoms with Crippen LogP contribution in [-0.4, -0.2) is 86.6 Å². The van der Waals surface area contributed by atoms with Crippen molar-refractivity contribution in [3.8, 4) is 0 Å². The quantitative estimate of drug-likeness (QED) is 0.0976. The number of aromatic amines is 1. The molecule has 224 valence electrons. The van der Waals surface area contributed by atoms with Crippen molar-refractivity contribution in [1.82, 2.24) is 20.9 Å². The Bertz CT molecular complexity index is 1250. The largest absolute Gasteiger partial charge is 0.481 e. The number of nitrogens with one attached hydrogen (secondary N) is 4. The average Bonchev–Trinajstić information content (AvgIpc) is 3.32. The summed E-state index contributed by atoms with van der Waals surface area (Å²) in [6.45, 7) is 0.326. The van der Waals surface area contributed by atoms with E-state index in [0.717, 1.165) is 10.9 Å². The van der Waals surface area contributed by atoms with Crippen molar-refractivity contribution in [3.05, 3.63) is 36.0 Å². The Morgan fingerprint density at radius 2 is 1.44 bits per heavy atom. The number of para-hydroxylation sites is 1. The first-order chi connectivity index (χ1) is 19.4. The fourth-order valence-electron chi connectivity index (χ4n) is 4.10. The van der Waals surface area contributed by atoms with E-state index < -0.39 is 66.2 Å². The Morgan fingerprint density at radius 3 is 2.07 bits per heavy atom. The molecule has 0 fully saturated rings. The van der Waals surface area contributed by atoms with Gasteiger partial charge in [-0.25, -0.2) is 4.79 Å². The highest BCUT2D eigenvalue weighted by Crippen LogP contribution is 2.19. The zero-order valence-corrected chi connectivity index (χ0v) is 22.3. The van der Waals surface area contributed by atoms with Gasteiger partial charge in [-0.2, -0.15) is 0 Å². The van der Waals surface area contributed by atoms with Gasteiger partial charge in [0.1, 0.15) is 18.1 Å². The van der Waals surface area contributed by atoms with Gasteiger partial charge in [-0.05, 0) is 43.9 Å². The van der Waals surface area contributed by atoms with Crippen LogP contribution in [0.4, 0.5) is 0 Å². The van der Waals surface area contributed by atoms with E-state index in [9.17, 15) is 33.9 Å². The van der Waals surface area contributed by atoms with Crippen LogP contribution in [0.2, 0.25) is 0 Å². The molecule has 4 atom stereocenters. The van der Waals surface area contributed by atoms with Crippen molar-refractivity contribution >= 4 is 46.5 Å². The highest BCUT2D eigenvalue weighted by molar-refractivity contribution is 5.95. The first kappa shape index (κ1) is 32.7. The van der Waals surface area contributed by atoms with Gasteiger partial charge in [0.15, 0.2) is 0 Å². The summed E-state index contributed by atoms with van der Waals surface area (Å²) in [6.07, 6.45) is 1.21. The molecule has 0 saturated carbocycles. The molecule has 11 N–H and O–H groups in total. The third-order valence-electron chi connectivity index (χ3n) is 6.31. The van der Waals surface area contributed by atoms with Crippen LogP contribution >= 0.6 is 0 Å². The van der Waals surface area contributed by atoms with Gasteiger partial charge in [0.05, 0.1) is 12.5 Å². The number of fused-ring (bicyclic) bond motifs is 1. The van der Waals surface area contributed by atoms with E-state index in [1.54, 1.807) is 30.5 Å². The van der Waals surface area contributed by atoms with Gasteiger partial charge < -0.3 is 47.7 Å². The fraction of sp³-hybridized carbons (Fsp3) is 0.462. The second-order valence-corrected chi connectivity index (χ2v) is 9.51. The van der Waals surface area contributed by atoms with E-state index in [4.69, 9.17) is 21.7 Å². The smallest absolute Gasteiger partial charge is 0.326 e. The molecule has 1 heterocycles. The van der Waals surface area contributed by atoms with E-state index in [-0.39, 0.29) is 25.7 Å². The minimum atomic E-state index is -1.75. The number of carboxylic acid groups (broad SMARTS) is 3. The van der Waals surface area contributed by atoms with Gasteiger partial charge in [-0.15, -0.1) is 0 Å². The van der Waals surface area contributed by atoms with Crippen LogP contribution in [0.15, 0.2) is 30.5 Å². The molecule has 2 rings (SSSR count). The van der Waals surface area contributed by atoms with Crippen LogP contribution in [-0.2, 0) is 35.2 Å². The molecule has 4 unspecified atom stereocenters. The predicted octanol–water partition coefficient (Wildman–Crippen LogP) is -0.955. The van der Waals surface area contributed by atoms with Crippen molar-refractivity contribution in [2.24, 2.45) is 11.5 Å². The van der Waals surface area contributed by atoms with Crippen LogP contribution in [0.5, 0.6) is 0 Å². The maximum absolute atomic E-state index is 13.4. The lowest BCUT2D eigenvalue weighted by Crippen LogP contribution is -2.57. The number of carbonyl (C=O) groups is 6. The number of hydrogen-bond acceptors (Lipinski definition) is 8. The molecule has 0 saturated heterocycles. The van der Waals surface area contributed by atoms with Crippen molar-refractivity contribution in [2.75, 3.05) is 6.54 Å². The number of amides is 3. The third kappa shape index (κ3) is 10.5. The highest BCUT2D eigenvalue weighted by atomic mass is 16.4. The summed E-state index contributed by atoms with van der Waals surface area (Å²) in [5.74, 6) is -6.63. The molecule has 1 aromatic heterocycles. The molecule has 41 heavy (non-hydrogen) atoms. The lowest BCUT2D eigenvalue weighted by Gasteiger charge is -2.25. The SMILES string of the molecule is NCCCCC(NC(=O)C(N)CCC(=O)O)C(=O)NC(Cc1c[nH]c2ccccc12)C(=O)NC(CC(=O)O)C(=O)O. The maximum atomic E-state index is 13.4. The number of benzene rings is 1. The molecular formula is C26H36N6O9. The van der Waals surface area contributed by atoms with Crippen LogP contribution in [0.25, 0.3) is 10.9 Å². The monoisotopic (exact) mass is 576 g/mol. The first-order valence-electron chi connectivity index (χ1n) is 13.0. The molecule has 0 aliphatic heterocycles. The molecule has 15 heteroatoms. The second-order valence-electron chi connectivity index (χ2n) is 9.51. The number of carbonyl (C=O) groups excluding carboxylic acids is 3. The van der Waals surface area contributed by atoms with Crippen LogP contribution in [0.1, 0.15) is 44.1 Å². The third-order valence-corrected chi connectivity index (χ3v) is 6.31. The summed E-state index contributed by atoms with van der Waals surface area (Å²) < 4.78 is 0. The summed E-state index contributed by atoms with van der Waals surface area (Å²) >= 11 is 0. The lowest BCUT2D eigenvalue weighted by molar-refractivity contribution is -0.147. The van der Waals surface area contributed by atoms with Crippen molar-refractivity contribution in [1.29, 1.82) is 0 Å². The maximum Gasteiger partial charge on any atom is 0.326 e. The molecule has 0 radical (unpaired) electrons. The standard InChI is InChI=1S/C26H36N6O9/c27-10-4-3-7-18(30-23(37)16(28)8-9-21(33)34)24(38)31-19(25(39)32-20(26(40)41)12-22(35)36)11-14-13-29-17-6-2-1-5-15(14)17/h1-2,5-6,13,16,18-20,29H,3-4,7-12,27-28H2,(H,30,37)(H,31,38)(H,32,39)(H,33,34)(H,35,36)(H,40,41). The Labute approximate surface area is 235 Å². The minimum Gasteiger partial charge on any atom is -0.481 e. The number of nitrogens with two attached hydrogens (primary N) is 2. The van der Waals surface area contributed by atoms with E-state index in [1.165, 1.54) is 0 Å². The zero-order valence-electron chi connectivity index (χ0n) is 22.3. The molecule has 0 spiro atoms. The van der Waals surface area contributed by atoms with Gasteiger partial charge in [0.25, 0.3) is 0 Å². The number of aromatic nitrogens is 1. The van der Waals surface area contributed by atoms with E-state index in [1.807, 2.05) is 0 Å². The predicted molar refractivity (Wildman–Crippen MR) is 145 cm³/mol. The molecule has 2 aromatic rings. The molecule has 3 amide bonds. The van der Waals surface area contributed by atoms with Gasteiger partial charge in [0.2, 0.25) is 17.7 Å². The summed E-state index contributed by atoms with van der Waals surface area (Å²) in [7, 11) is 0. The van der Waals surface area contributed by atoms with E-state index in [2.05, 4.69) is 20.9 Å². The Hall–Kier alpha value is -4.50. The molecule has 0 aliphatic rings. The van der Waals surface area contributed by atoms with E-state index in [0.29, 0.717) is 24.9 Å². The van der Waals surface area contributed by atoms with E-state index >= 15 is 0 Å². The number of unbranched alkanes of at least 4 members (excludes halogenated alkanes) is 1. The molecular weight excluding hydrogens is 540 g/mol. The second kappa shape index (κ2) is 15.9. The number of aliphatic carboxylic acids is 3. The van der Waals surface area contributed by atoms with Crippen LogP contribution < -0.4 is 27.4 Å². The molecule has 0 aliphatic carbocycles. The molecule has 15 nitrogen and oxygen atoms in total. The fourth-order valence-corrected chi connectivity index (χ4v) is 4.10. The summed E-state index contributed by atoms with van der Waals surface area (Å²) in [5, 5.41) is 35.3. The Balaban J connectivity index is 2.30. The zero-order chi connectivity index (χ0) is 30.5. The summed E-state index contributed by atoms with van der Waals surface area (Å²) in [4.78, 5) is 75.8. The topological polar surface area (TPSA) is 267 Å². The van der Waals surface area contributed by atoms with Gasteiger partial charge in [-0.1, -0.05) is 18.2 Å². The Morgan fingerprint density at radius 1 is 0.805 bits per heavy atom. The molecule has 1 aromatic carbocycles. The lowest BCUT2D eigenvalue weighted by atomic mass is 10.0. The van der Waals surface area contributed by atoms with Crippen molar-refractivity contribution in [3.63, 3.8) is 0 Å². The first-order valence-corrected chi connectivity index (χ1v) is 13.0. The van der Waals surface area contributed by atoms with Gasteiger partial charge in [-0.3, -0.25) is 24.0 Å². The average molecular weight is 577 g/mol. The van der Waals surface area contributed by atoms with Crippen LogP contribution in [0.3, 0.4) is 0 Å². The number of H-pyrrole nitrogens is 1. The van der Waals surface area contributed by atoms with Gasteiger partial charge in [0, 0.05) is 29.9 Å². The molecule has 0 bridgehead atoms. The van der Waals surface area contributed by atoms with Crippen LogP contribution in [0, 0.1) is 0 Å². The van der Waals surface area contributed by atoms with Crippen molar-refractivity contribution < 1.29 is 44.1 Å². The minimum absolute atomic E-state index is 0.0947. The summed E-state index contributed by atoms with van der Waals surface area (Å²) in [5.41, 5.74) is 12.7. The number of hydrogen-bond donors (Lipinski definition) is 9. The number of rotatable bonds is 18. The highest BCUT2D eigenvalue weighted by Gasteiger charge is 2.31.